The molecule has 0 aliphatic rings. The number of aryl methyl sites for hydroxylation is 2. The predicted molar refractivity (Wildman–Crippen MR) is 126 cm³/mol. The maximum absolute atomic E-state index is 13.1. The SMILES string of the molecule is CCc1cc([C@@H](Nc2cc(C)ccn2)c2ccc(C(F)(F)F)cc2)c(NC(=O)c2ccco2)s1. The van der Waals surface area contributed by atoms with Crippen LogP contribution in [0.25, 0.3) is 0 Å². The number of benzene rings is 1. The molecule has 9 heteroatoms. The van der Waals surface area contributed by atoms with Crippen molar-refractivity contribution < 1.29 is 22.4 Å². The molecule has 0 fully saturated rings. The molecule has 0 radical (unpaired) electrons. The molecule has 0 aliphatic carbocycles. The van der Waals surface area contributed by atoms with E-state index < -0.39 is 23.7 Å². The molecule has 1 atom stereocenters. The normalized spacial score (nSPS) is 12.4. The largest absolute Gasteiger partial charge is 0.459 e. The minimum absolute atomic E-state index is 0.164. The highest BCUT2D eigenvalue weighted by Gasteiger charge is 2.31. The Balaban J connectivity index is 1.76. The number of hydrogen-bond donors (Lipinski definition) is 2. The van der Waals surface area contributed by atoms with Gasteiger partial charge in [-0.05, 0) is 66.9 Å². The van der Waals surface area contributed by atoms with Crippen molar-refractivity contribution in [2.45, 2.75) is 32.5 Å². The fraction of sp³-hybridized carbons (Fsp3) is 0.200. The molecule has 5 nitrogen and oxygen atoms in total. The Bertz CT molecular complexity index is 1270. The second-order valence-electron chi connectivity index (χ2n) is 7.70. The van der Waals surface area contributed by atoms with Crippen molar-refractivity contribution in [3.63, 3.8) is 0 Å². The first-order valence-corrected chi connectivity index (χ1v) is 11.4. The number of furan rings is 1. The van der Waals surface area contributed by atoms with Gasteiger partial charge in [0.05, 0.1) is 17.9 Å². The van der Waals surface area contributed by atoms with E-state index in [2.05, 4.69) is 15.6 Å². The summed E-state index contributed by atoms with van der Waals surface area (Å²) in [5.41, 5.74) is 1.58. The lowest BCUT2D eigenvalue weighted by atomic mass is 9.98. The Kier molecular flexibility index (Phi) is 6.74. The first-order chi connectivity index (χ1) is 16.2. The molecule has 34 heavy (non-hydrogen) atoms. The molecule has 4 aromatic rings. The maximum atomic E-state index is 13.1. The number of hydrogen-bond acceptors (Lipinski definition) is 5. The summed E-state index contributed by atoms with van der Waals surface area (Å²) in [4.78, 5) is 18.1. The first kappa shape index (κ1) is 23.6. The molecular weight excluding hydrogens is 463 g/mol. The van der Waals surface area contributed by atoms with Gasteiger partial charge in [0.1, 0.15) is 10.8 Å². The Morgan fingerprint density at radius 3 is 2.53 bits per heavy atom. The molecule has 2 N–H and O–H groups in total. The number of nitrogens with zero attached hydrogens (tertiary/aromatic N) is 1. The van der Waals surface area contributed by atoms with Crippen LogP contribution < -0.4 is 10.6 Å². The van der Waals surface area contributed by atoms with E-state index in [1.807, 2.05) is 32.0 Å². The van der Waals surface area contributed by atoms with E-state index in [1.54, 1.807) is 18.3 Å². The number of aromatic nitrogens is 1. The number of alkyl halides is 3. The zero-order chi connectivity index (χ0) is 24.3. The number of carbonyl (C=O) groups excluding carboxylic acids is 1. The van der Waals surface area contributed by atoms with E-state index >= 15 is 0 Å². The molecule has 1 aromatic carbocycles. The van der Waals surface area contributed by atoms with Crippen molar-refractivity contribution in [1.82, 2.24) is 4.98 Å². The van der Waals surface area contributed by atoms with Crippen LogP contribution in [0.15, 0.2) is 71.5 Å². The van der Waals surface area contributed by atoms with Crippen LogP contribution >= 0.6 is 11.3 Å². The molecule has 0 spiro atoms. The molecule has 3 heterocycles. The molecule has 0 bridgehead atoms. The van der Waals surface area contributed by atoms with E-state index in [1.165, 1.54) is 29.7 Å². The van der Waals surface area contributed by atoms with Crippen molar-refractivity contribution in [3.8, 4) is 0 Å². The predicted octanol–water partition coefficient (Wildman–Crippen LogP) is 7.08. The standard InChI is InChI=1S/C25H22F3N3O2S/c1-3-18-14-19(24(34-18)31-23(32)20-5-4-12-33-20)22(30-21-13-15(2)10-11-29-21)16-6-8-17(9-7-16)25(26,27)28/h4-14,22H,3H2,1-2H3,(H,29,30)(H,31,32)/t22-/m0/s1. The molecule has 0 saturated heterocycles. The summed E-state index contributed by atoms with van der Waals surface area (Å²) in [7, 11) is 0. The van der Waals surface area contributed by atoms with E-state index in [-0.39, 0.29) is 5.76 Å². The minimum Gasteiger partial charge on any atom is -0.459 e. The van der Waals surface area contributed by atoms with Crippen LogP contribution in [-0.2, 0) is 12.6 Å². The summed E-state index contributed by atoms with van der Waals surface area (Å²) in [6, 6.07) is 13.3. The van der Waals surface area contributed by atoms with Crippen LogP contribution in [0, 0.1) is 6.92 Å². The number of pyridine rings is 1. The molecule has 3 aromatic heterocycles. The van der Waals surface area contributed by atoms with Gasteiger partial charge >= 0.3 is 6.18 Å². The van der Waals surface area contributed by atoms with Gasteiger partial charge in [0.15, 0.2) is 5.76 Å². The average Bonchev–Trinajstić information content (AvgIpc) is 3.47. The van der Waals surface area contributed by atoms with Crippen LogP contribution in [0.5, 0.6) is 0 Å². The van der Waals surface area contributed by atoms with E-state index in [4.69, 9.17) is 4.42 Å². The Labute approximate surface area is 198 Å². The summed E-state index contributed by atoms with van der Waals surface area (Å²) in [5.74, 6) is 0.324. The Morgan fingerprint density at radius 2 is 1.91 bits per heavy atom. The number of amides is 1. The van der Waals surface area contributed by atoms with E-state index in [0.29, 0.717) is 16.4 Å². The van der Waals surface area contributed by atoms with Crippen molar-refractivity contribution in [2.75, 3.05) is 10.6 Å². The van der Waals surface area contributed by atoms with Gasteiger partial charge in [-0.15, -0.1) is 11.3 Å². The van der Waals surface area contributed by atoms with Crippen molar-refractivity contribution in [3.05, 3.63) is 99.9 Å². The van der Waals surface area contributed by atoms with Gasteiger partial charge < -0.3 is 15.1 Å². The van der Waals surface area contributed by atoms with Gasteiger partial charge in [-0.1, -0.05) is 19.1 Å². The molecule has 4 rings (SSSR count). The van der Waals surface area contributed by atoms with Crippen LogP contribution in [-0.4, -0.2) is 10.9 Å². The number of anilines is 2. The third kappa shape index (κ3) is 5.31. The number of thiophene rings is 1. The lowest BCUT2D eigenvalue weighted by Gasteiger charge is -2.22. The fourth-order valence-corrected chi connectivity index (χ4v) is 4.52. The summed E-state index contributed by atoms with van der Waals surface area (Å²) in [6.45, 7) is 3.92. The van der Waals surface area contributed by atoms with Gasteiger partial charge in [-0.3, -0.25) is 4.79 Å². The number of halogens is 3. The van der Waals surface area contributed by atoms with Gasteiger partial charge in [0.25, 0.3) is 5.91 Å². The van der Waals surface area contributed by atoms with Crippen LogP contribution in [0.2, 0.25) is 0 Å². The quantitative estimate of drug-likeness (QED) is 0.294. The average molecular weight is 486 g/mol. The summed E-state index contributed by atoms with van der Waals surface area (Å²) in [5, 5.41) is 6.82. The third-order valence-electron chi connectivity index (χ3n) is 5.22. The lowest BCUT2D eigenvalue weighted by molar-refractivity contribution is -0.137. The highest BCUT2D eigenvalue weighted by Crippen LogP contribution is 2.39. The van der Waals surface area contributed by atoms with Crippen molar-refractivity contribution in [1.29, 1.82) is 0 Å². The van der Waals surface area contributed by atoms with E-state index in [0.717, 1.165) is 34.6 Å². The number of rotatable bonds is 7. The van der Waals surface area contributed by atoms with Crippen molar-refractivity contribution in [2.24, 2.45) is 0 Å². The zero-order valence-electron chi connectivity index (χ0n) is 18.4. The Hall–Kier alpha value is -3.59. The number of nitrogens with one attached hydrogen (secondary N) is 2. The number of carbonyl (C=O) groups is 1. The fourth-order valence-electron chi connectivity index (χ4n) is 3.49. The van der Waals surface area contributed by atoms with Gasteiger partial charge in [-0.25, -0.2) is 4.98 Å². The van der Waals surface area contributed by atoms with Gasteiger partial charge in [0.2, 0.25) is 0 Å². The second-order valence-corrected chi connectivity index (χ2v) is 8.83. The molecule has 0 aliphatic heterocycles. The highest BCUT2D eigenvalue weighted by molar-refractivity contribution is 7.16. The monoisotopic (exact) mass is 485 g/mol. The van der Waals surface area contributed by atoms with Crippen LogP contribution in [0.1, 0.15) is 50.7 Å². The smallest absolute Gasteiger partial charge is 0.416 e. The summed E-state index contributed by atoms with van der Waals surface area (Å²) < 4.78 is 44.6. The topological polar surface area (TPSA) is 67.2 Å². The summed E-state index contributed by atoms with van der Waals surface area (Å²) in [6.07, 6.45) is -0.625. The summed E-state index contributed by atoms with van der Waals surface area (Å²) >= 11 is 1.42. The first-order valence-electron chi connectivity index (χ1n) is 10.6. The zero-order valence-corrected chi connectivity index (χ0v) is 19.3. The van der Waals surface area contributed by atoms with Crippen LogP contribution in [0.4, 0.5) is 24.0 Å². The van der Waals surface area contributed by atoms with Gasteiger partial charge in [-0.2, -0.15) is 13.2 Å². The highest BCUT2D eigenvalue weighted by atomic mass is 32.1. The maximum Gasteiger partial charge on any atom is 0.416 e. The third-order valence-corrected chi connectivity index (χ3v) is 6.43. The molecule has 0 saturated carbocycles. The molecule has 1 amide bonds. The molecular formula is C25H22F3N3O2S. The van der Waals surface area contributed by atoms with E-state index in [9.17, 15) is 18.0 Å². The molecule has 176 valence electrons. The second kappa shape index (κ2) is 9.72. The lowest BCUT2D eigenvalue weighted by Crippen LogP contribution is -2.17. The van der Waals surface area contributed by atoms with Crippen molar-refractivity contribution >= 4 is 28.1 Å². The van der Waals surface area contributed by atoms with Crippen LogP contribution in [0.3, 0.4) is 0 Å². The Morgan fingerprint density at radius 1 is 1.15 bits per heavy atom. The van der Waals surface area contributed by atoms with Gasteiger partial charge in [0, 0.05) is 16.6 Å². The minimum atomic E-state index is -4.43. The molecule has 0 unspecified atom stereocenters.